The number of anilines is 2. The molecule has 1 aliphatic carbocycles. The highest BCUT2D eigenvalue weighted by atomic mass is 32.1. The first kappa shape index (κ1) is 13.9. The highest BCUT2D eigenvalue weighted by molar-refractivity contribution is 7.18. The Morgan fingerprint density at radius 3 is 3.05 bits per heavy atom. The van der Waals surface area contributed by atoms with E-state index in [1.165, 1.54) is 11.3 Å². The highest BCUT2D eigenvalue weighted by Crippen LogP contribution is 2.27. The van der Waals surface area contributed by atoms with Crippen molar-refractivity contribution in [1.82, 2.24) is 10.3 Å². The summed E-state index contributed by atoms with van der Waals surface area (Å²) in [7, 11) is 1.94. The molecule has 19 heavy (non-hydrogen) atoms. The second-order valence-electron chi connectivity index (χ2n) is 4.68. The molecule has 1 heterocycles. The van der Waals surface area contributed by atoms with Crippen LogP contribution in [-0.2, 0) is 0 Å². The standard InChI is InChI=1S/C13H20N4OS/c1-3-17(2)13-16-11(14)10(19-13)12(18)15-9-7-5-4-6-8-9/h4-5,9H,3,6-8,14H2,1-2H3,(H,15,18). The second-order valence-corrected chi connectivity index (χ2v) is 5.66. The van der Waals surface area contributed by atoms with Gasteiger partial charge in [0.1, 0.15) is 10.7 Å². The van der Waals surface area contributed by atoms with E-state index in [1.807, 2.05) is 18.9 Å². The maximum atomic E-state index is 12.2. The van der Waals surface area contributed by atoms with Crippen molar-refractivity contribution in [1.29, 1.82) is 0 Å². The third kappa shape index (κ3) is 3.26. The van der Waals surface area contributed by atoms with E-state index in [-0.39, 0.29) is 11.9 Å². The smallest absolute Gasteiger partial charge is 0.265 e. The number of carbonyl (C=O) groups excluding carboxylic acids is 1. The van der Waals surface area contributed by atoms with Gasteiger partial charge in [-0.05, 0) is 26.2 Å². The van der Waals surface area contributed by atoms with Crippen LogP contribution in [0.4, 0.5) is 10.9 Å². The van der Waals surface area contributed by atoms with Gasteiger partial charge in [0, 0.05) is 19.6 Å². The first-order valence-corrected chi connectivity index (χ1v) is 7.36. The largest absolute Gasteiger partial charge is 0.382 e. The minimum absolute atomic E-state index is 0.106. The molecule has 0 saturated heterocycles. The lowest BCUT2D eigenvalue weighted by molar-refractivity contribution is 0.0939. The number of rotatable bonds is 4. The molecule has 0 bridgehead atoms. The maximum Gasteiger partial charge on any atom is 0.265 e. The fourth-order valence-corrected chi connectivity index (χ4v) is 2.87. The Kier molecular flexibility index (Phi) is 4.42. The topological polar surface area (TPSA) is 71.2 Å². The number of carbonyl (C=O) groups is 1. The molecule has 0 aliphatic heterocycles. The second kappa shape index (κ2) is 6.06. The number of allylic oxidation sites excluding steroid dienone is 1. The van der Waals surface area contributed by atoms with E-state index in [0.717, 1.165) is 30.9 Å². The van der Waals surface area contributed by atoms with Gasteiger partial charge in [-0.15, -0.1) is 0 Å². The van der Waals surface area contributed by atoms with Gasteiger partial charge in [-0.3, -0.25) is 4.79 Å². The van der Waals surface area contributed by atoms with Crippen LogP contribution in [0.3, 0.4) is 0 Å². The number of hydrogen-bond donors (Lipinski definition) is 2. The molecule has 1 atom stereocenters. The quantitative estimate of drug-likeness (QED) is 0.828. The molecule has 1 aromatic rings. The molecular formula is C13H20N4OS. The lowest BCUT2D eigenvalue weighted by atomic mass is 10.0. The molecule has 3 N–H and O–H groups in total. The molecular weight excluding hydrogens is 260 g/mol. The molecule has 0 spiro atoms. The normalized spacial score (nSPS) is 18.3. The Labute approximate surface area is 117 Å². The predicted octanol–water partition coefficient (Wildman–Crippen LogP) is 2.02. The Balaban J connectivity index is 2.06. The highest BCUT2D eigenvalue weighted by Gasteiger charge is 2.20. The van der Waals surface area contributed by atoms with Gasteiger partial charge in [0.15, 0.2) is 5.13 Å². The predicted molar refractivity (Wildman–Crippen MR) is 79.7 cm³/mol. The monoisotopic (exact) mass is 280 g/mol. The summed E-state index contributed by atoms with van der Waals surface area (Å²) in [6, 6.07) is 0.214. The number of nitrogen functional groups attached to an aromatic ring is 1. The zero-order valence-corrected chi connectivity index (χ0v) is 12.2. The number of nitrogens with one attached hydrogen (secondary N) is 1. The van der Waals surface area contributed by atoms with Crippen LogP contribution >= 0.6 is 11.3 Å². The van der Waals surface area contributed by atoms with Gasteiger partial charge in [-0.2, -0.15) is 0 Å². The molecule has 1 aliphatic rings. The van der Waals surface area contributed by atoms with E-state index in [2.05, 4.69) is 22.5 Å². The van der Waals surface area contributed by atoms with E-state index < -0.39 is 0 Å². The van der Waals surface area contributed by atoms with Gasteiger partial charge in [-0.1, -0.05) is 23.5 Å². The summed E-state index contributed by atoms with van der Waals surface area (Å²) in [5.41, 5.74) is 5.84. The van der Waals surface area contributed by atoms with Crippen LogP contribution in [0.15, 0.2) is 12.2 Å². The third-order valence-electron chi connectivity index (χ3n) is 3.25. The van der Waals surface area contributed by atoms with Crippen molar-refractivity contribution in [3.63, 3.8) is 0 Å². The maximum absolute atomic E-state index is 12.2. The van der Waals surface area contributed by atoms with E-state index in [1.54, 1.807) is 0 Å². The van der Waals surface area contributed by atoms with Gasteiger partial charge in [0.05, 0.1) is 0 Å². The Bertz CT molecular complexity index is 483. The zero-order valence-electron chi connectivity index (χ0n) is 11.3. The first-order chi connectivity index (χ1) is 9.11. The minimum Gasteiger partial charge on any atom is -0.382 e. The van der Waals surface area contributed by atoms with E-state index in [0.29, 0.717) is 10.7 Å². The zero-order chi connectivity index (χ0) is 13.8. The molecule has 1 unspecified atom stereocenters. The number of aromatic nitrogens is 1. The summed E-state index contributed by atoms with van der Waals surface area (Å²) in [5, 5.41) is 3.81. The molecule has 5 nitrogen and oxygen atoms in total. The van der Waals surface area contributed by atoms with Crippen LogP contribution in [0.2, 0.25) is 0 Å². The van der Waals surface area contributed by atoms with Crippen LogP contribution in [0.5, 0.6) is 0 Å². The number of hydrogen-bond acceptors (Lipinski definition) is 5. The van der Waals surface area contributed by atoms with Crippen molar-refractivity contribution in [2.75, 3.05) is 24.2 Å². The SMILES string of the molecule is CCN(C)c1nc(N)c(C(=O)NC2CC=CCC2)s1. The van der Waals surface area contributed by atoms with Gasteiger partial charge in [0.25, 0.3) is 5.91 Å². The van der Waals surface area contributed by atoms with Crippen LogP contribution in [0.1, 0.15) is 35.9 Å². The molecule has 0 saturated carbocycles. The summed E-state index contributed by atoms with van der Waals surface area (Å²) >= 11 is 1.35. The summed E-state index contributed by atoms with van der Waals surface area (Å²) in [6.45, 7) is 2.87. The van der Waals surface area contributed by atoms with Gasteiger partial charge in [0.2, 0.25) is 0 Å². The number of nitrogens with zero attached hydrogens (tertiary/aromatic N) is 2. The summed E-state index contributed by atoms with van der Waals surface area (Å²) in [5.74, 6) is 0.218. The van der Waals surface area contributed by atoms with E-state index in [4.69, 9.17) is 5.73 Å². The average molecular weight is 280 g/mol. The Morgan fingerprint density at radius 2 is 2.42 bits per heavy atom. The molecule has 1 amide bonds. The number of nitrogens with two attached hydrogens (primary N) is 1. The van der Waals surface area contributed by atoms with Crippen LogP contribution in [0.25, 0.3) is 0 Å². The number of amides is 1. The van der Waals surface area contributed by atoms with Crippen LogP contribution in [-0.4, -0.2) is 30.5 Å². The lowest BCUT2D eigenvalue weighted by Gasteiger charge is -2.18. The van der Waals surface area contributed by atoms with Crippen LogP contribution < -0.4 is 16.0 Å². The molecule has 0 aromatic carbocycles. The summed E-state index contributed by atoms with van der Waals surface area (Å²) in [4.78, 5) is 18.9. The van der Waals surface area contributed by atoms with Crippen molar-refractivity contribution < 1.29 is 4.79 Å². The molecule has 0 radical (unpaired) electrons. The fraction of sp³-hybridized carbons (Fsp3) is 0.538. The molecule has 104 valence electrons. The third-order valence-corrected chi connectivity index (χ3v) is 4.44. The van der Waals surface area contributed by atoms with Crippen molar-refractivity contribution in [3.8, 4) is 0 Å². The Morgan fingerprint density at radius 1 is 1.63 bits per heavy atom. The molecule has 1 aromatic heterocycles. The van der Waals surface area contributed by atoms with Crippen molar-refractivity contribution in [2.24, 2.45) is 0 Å². The van der Waals surface area contributed by atoms with Crippen LogP contribution in [0, 0.1) is 0 Å². The number of thiazole rings is 1. The van der Waals surface area contributed by atoms with Gasteiger partial charge >= 0.3 is 0 Å². The molecule has 0 fully saturated rings. The van der Waals surface area contributed by atoms with Crippen molar-refractivity contribution in [2.45, 2.75) is 32.2 Å². The van der Waals surface area contributed by atoms with E-state index in [9.17, 15) is 4.79 Å². The summed E-state index contributed by atoms with van der Waals surface area (Å²) < 4.78 is 0. The molecule has 2 rings (SSSR count). The first-order valence-electron chi connectivity index (χ1n) is 6.55. The molecule has 6 heteroatoms. The van der Waals surface area contributed by atoms with Crippen molar-refractivity contribution >= 4 is 28.2 Å². The van der Waals surface area contributed by atoms with Gasteiger partial charge < -0.3 is 16.0 Å². The van der Waals surface area contributed by atoms with Crippen molar-refractivity contribution in [3.05, 3.63) is 17.0 Å². The van der Waals surface area contributed by atoms with E-state index >= 15 is 0 Å². The van der Waals surface area contributed by atoms with Gasteiger partial charge in [-0.25, -0.2) is 4.98 Å². The average Bonchev–Trinajstić information content (AvgIpc) is 2.81. The fourth-order valence-electron chi connectivity index (χ4n) is 1.96. The Hall–Kier alpha value is -1.56. The lowest BCUT2D eigenvalue weighted by Crippen LogP contribution is -2.35. The minimum atomic E-state index is -0.106. The summed E-state index contributed by atoms with van der Waals surface area (Å²) in [6.07, 6.45) is 7.17.